The van der Waals surface area contributed by atoms with Gasteiger partial charge >= 0.3 is 5.97 Å². The van der Waals surface area contributed by atoms with Gasteiger partial charge in [-0.3, -0.25) is 4.79 Å². The van der Waals surface area contributed by atoms with Crippen molar-refractivity contribution in [2.24, 2.45) is 17.8 Å². The highest BCUT2D eigenvalue weighted by Crippen LogP contribution is 2.38. The van der Waals surface area contributed by atoms with Crippen molar-refractivity contribution >= 4 is 5.97 Å². The molecule has 3 nitrogen and oxygen atoms in total. The van der Waals surface area contributed by atoms with Crippen molar-refractivity contribution in [2.45, 2.75) is 45.4 Å². The Bertz CT molecular complexity index is 452. The maximum absolute atomic E-state index is 11.8. The van der Waals surface area contributed by atoms with Gasteiger partial charge in [0.25, 0.3) is 0 Å². The molecule has 21 heavy (non-hydrogen) atoms. The summed E-state index contributed by atoms with van der Waals surface area (Å²) in [6, 6.07) is 7.79. The molecule has 0 bridgehead atoms. The van der Waals surface area contributed by atoms with Crippen LogP contribution in [0.3, 0.4) is 0 Å². The zero-order valence-corrected chi connectivity index (χ0v) is 13.0. The number of carbonyl (C=O) groups is 1. The molecule has 1 aliphatic carbocycles. The number of carboxylic acid groups (broad SMARTS) is 1. The fourth-order valence-electron chi connectivity index (χ4n) is 3.71. The quantitative estimate of drug-likeness (QED) is 0.856. The van der Waals surface area contributed by atoms with Crippen LogP contribution >= 0.6 is 0 Å². The van der Waals surface area contributed by atoms with Gasteiger partial charge in [-0.15, -0.1) is 0 Å². The highest BCUT2D eigenvalue weighted by Gasteiger charge is 2.34. The lowest BCUT2D eigenvalue weighted by molar-refractivity contribution is -0.145. The normalized spacial score (nSPS) is 23.5. The van der Waals surface area contributed by atoms with Gasteiger partial charge in [-0.2, -0.15) is 0 Å². The summed E-state index contributed by atoms with van der Waals surface area (Å²) in [5, 5.41) is 9.68. The van der Waals surface area contributed by atoms with Crippen LogP contribution in [0.5, 0.6) is 5.75 Å². The van der Waals surface area contributed by atoms with E-state index < -0.39 is 5.97 Å². The molecule has 1 aliphatic rings. The molecule has 1 aromatic rings. The molecule has 0 radical (unpaired) electrons. The van der Waals surface area contributed by atoms with Gasteiger partial charge in [0.05, 0.1) is 13.0 Å². The molecule has 116 valence electrons. The molecule has 0 aliphatic heterocycles. The Hall–Kier alpha value is -1.51. The minimum atomic E-state index is -0.642. The average Bonchev–Trinajstić information content (AvgIpc) is 2.53. The van der Waals surface area contributed by atoms with E-state index in [0.29, 0.717) is 18.3 Å². The monoisotopic (exact) mass is 290 g/mol. The third kappa shape index (κ3) is 3.99. The van der Waals surface area contributed by atoms with Gasteiger partial charge in [-0.05, 0) is 42.4 Å². The van der Waals surface area contributed by atoms with Gasteiger partial charge in [0.1, 0.15) is 5.75 Å². The summed E-state index contributed by atoms with van der Waals surface area (Å²) in [5.41, 5.74) is 1.09. The molecular weight excluding hydrogens is 264 g/mol. The molecule has 2 rings (SSSR count). The second kappa shape index (κ2) is 7.48. The van der Waals surface area contributed by atoms with Crippen molar-refractivity contribution in [1.29, 1.82) is 0 Å². The maximum atomic E-state index is 11.8. The molecular formula is C18H26O3. The Morgan fingerprint density at radius 3 is 2.52 bits per heavy atom. The van der Waals surface area contributed by atoms with E-state index in [2.05, 4.69) is 6.92 Å². The molecule has 0 aromatic heterocycles. The maximum Gasteiger partial charge on any atom is 0.307 e. The fraction of sp³-hybridized carbons (Fsp3) is 0.611. The molecule has 1 aromatic carbocycles. The Morgan fingerprint density at radius 1 is 1.29 bits per heavy atom. The molecule has 3 heteroatoms. The number of aliphatic carboxylic acids is 1. The van der Waals surface area contributed by atoms with E-state index in [1.807, 2.05) is 24.3 Å². The first-order valence-corrected chi connectivity index (χ1v) is 8.01. The molecule has 0 amide bonds. The van der Waals surface area contributed by atoms with E-state index in [1.54, 1.807) is 7.11 Å². The predicted octanol–water partition coefficient (Wildman–Crippen LogP) is 4.15. The summed E-state index contributed by atoms with van der Waals surface area (Å²) in [6.07, 6.45) is 6.40. The van der Waals surface area contributed by atoms with Gasteiger partial charge in [0, 0.05) is 0 Å². The second-order valence-electron chi connectivity index (χ2n) is 6.11. The van der Waals surface area contributed by atoms with Crippen LogP contribution in [-0.4, -0.2) is 18.2 Å². The van der Waals surface area contributed by atoms with E-state index in [-0.39, 0.29) is 5.92 Å². The molecule has 1 saturated carbocycles. The highest BCUT2D eigenvalue weighted by atomic mass is 16.5. The van der Waals surface area contributed by atoms with Crippen molar-refractivity contribution in [3.05, 3.63) is 29.8 Å². The topological polar surface area (TPSA) is 46.5 Å². The minimum absolute atomic E-state index is 0.261. The largest absolute Gasteiger partial charge is 0.497 e. The third-order valence-electron chi connectivity index (χ3n) is 4.94. The first kappa shape index (κ1) is 15.9. The van der Waals surface area contributed by atoms with Crippen LogP contribution in [0.25, 0.3) is 0 Å². The summed E-state index contributed by atoms with van der Waals surface area (Å²) < 4.78 is 5.16. The lowest BCUT2D eigenvalue weighted by Gasteiger charge is -2.35. The molecule has 3 atom stereocenters. The van der Waals surface area contributed by atoms with Crippen LogP contribution < -0.4 is 4.74 Å². The zero-order valence-electron chi connectivity index (χ0n) is 13.0. The molecule has 1 N–H and O–H groups in total. The van der Waals surface area contributed by atoms with Crippen molar-refractivity contribution < 1.29 is 14.6 Å². The van der Waals surface area contributed by atoms with E-state index >= 15 is 0 Å². The summed E-state index contributed by atoms with van der Waals surface area (Å²) in [7, 11) is 1.64. The number of hydrogen-bond acceptors (Lipinski definition) is 2. The van der Waals surface area contributed by atoms with Gasteiger partial charge in [0.2, 0.25) is 0 Å². The summed E-state index contributed by atoms with van der Waals surface area (Å²) in [6.45, 7) is 2.19. The van der Waals surface area contributed by atoms with Crippen LogP contribution in [0.2, 0.25) is 0 Å². The van der Waals surface area contributed by atoms with E-state index in [4.69, 9.17) is 4.74 Å². The van der Waals surface area contributed by atoms with Gasteiger partial charge < -0.3 is 9.84 Å². The Labute approximate surface area is 127 Å². The number of carboxylic acids is 1. The van der Waals surface area contributed by atoms with Gasteiger partial charge in [-0.1, -0.05) is 44.7 Å². The second-order valence-corrected chi connectivity index (χ2v) is 6.11. The zero-order chi connectivity index (χ0) is 15.2. The van der Waals surface area contributed by atoms with Crippen LogP contribution in [0.15, 0.2) is 24.3 Å². The van der Waals surface area contributed by atoms with E-state index in [0.717, 1.165) is 24.2 Å². The van der Waals surface area contributed by atoms with E-state index in [9.17, 15) is 9.90 Å². The lowest BCUT2D eigenvalue weighted by atomic mass is 9.70. The Kier molecular flexibility index (Phi) is 5.66. The summed E-state index contributed by atoms with van der Waals surface area (Å²) >= 11 is 0. The average molecular weight is 290 g/mol. The van der Waals surface area contributed by atoms with Crippen molar-refractivity contribution in [1.82, 2.24) is 0 Å². The fourth-order valence-corrected chi connectivity index (χ4v) is 3.71. The van der Waals surface area contributed by atoms with Crippen LogP contribution in [0, 0.1) is 17.8 Å². The number of methoxy groups -OCH3 is 1. The predicted molar refractivity (Wildman–Crippen MR) is 83.6 cm³/mol. The third-order valence-corrected chi connectivity index (χ3v) is 4.94. The first-order valence-electron chi connectivity index (χ1n) is 8.01. The number of rotatable bonds is 6. The summed E-state index contributed by atoms with van der Waals surface area (Å²) in [5.74, 6) is 0.802. The molecule has 0 saturated heterocycles. The smallest absolute Gasteiger partial charge is 0.307 e. The van der Waals surface area contributed by atoms with Crippen LogP contribution in [0.1, 0.15) is 44.6 Å². The number of benzene rings is 1. The van der Waals surface area contributed by atoms with E-state index in [1.165, 1.54) is 19.3 Å². The van der Waals surface area contributed by atoms with Gasteiger partial charge in [-0.25, -0.2) is 0 Å². The molecule has 0 spiro atoms. The SMILES string of the molecule is CCC1CCCCC1C(Cc1ccc(OC)cc1)C(=O)O. The van der Waals surface area contributed by atoms with Crippen molar-refractivity contribution in [2.75, 3.05) is 7.11 Å². The Morgan fingerprint density at radius 2 is 1.95 bits per heavy atom. The van der Waals surface area contributed by atoms with Gasteiger partial charge in [0.15, 0.2) is 0 Å². The van der Waals surface area contributed by atoms with Crippen LogP contribution in [0.4, 0.5) is 0 Å². The first-order chi connectivity index (χ1) is 10.2. The number of ether oxygens (including phenoxy) is 1. The highest BCUT2D eigenvalue weighted by molar-refractivity contribution is 5.71. The van der Waals surface area contributed by atoms with Crippen LogP contribution in [-0.2, 0) is 11.2 Å². The van der Waals surface area contributed by atoms with Crippen molar-refractivity contribution in [3.8, 4) is 5.75 Å². The summed E-state index contributed by atoms with van der Waals surface area (Å²) in [4.78, 5) is 11.8. The standard InChI is InChI=1S/C18H26O3/c1-3-14-6-4-5-7-16(14)17(18(19)20)12-13-8-10-15(21-2)11-9-13/h8-11,14,16-17H,3-7,12H2,1-2H3,(H,19,20). The minimum Gasteiger partial charge on any atom is -0.497 e. The molecule has 3 unspecified atom stereocenters. The molecule has 0 heterocycles. The van der Waals surface area contributed by atoms with Crippen molar-refractivity contribution in [3.63, 3.8) is 0 Å². The Balaban J connectivity index is 2.12. The number of hydrogen-bond donors (Lipinski definition) is 1. The molecule has 1 fully saturated rings. The lowest BCUT2D eigenvalue weighted by Crippen LogP contribution is -2.33.